The van der Waals surface area contributed by atoms with Crippen molar-refractivity contribution in [2.24, 2.45) is 5.92 Å². The lowest BCUT2D eigenvalue weighted by atomic mass is 9.97. The minimum absolute atomic E-state index is 0.0183. The number of imide groups is 1. The molecule has 1 aliphatic heterocycles. The normalized spacial score (nSPS) is 14.8. The summed E-state index contributed by atoms with van der Waals surface area (Å²) in [6.07, 6.45) is 2.13. The molecule has 2 N–H and O–H groups in total. The van der Waals surface area contributed by atoms with Gasteiger partial charge in [-0.25, -0.2) is 13.4 Å². The molecule has 12 heteroatoms. The minimum Gasteiger partial charge on any atom is -0.432 e. The molecular formula is C31H34N4O6S2. The number of benzene rings is 2. The molecule has 0 radical (unpaired) electrons. The van der Waals surface area contributed by atoms with Crippen molar-refractivity contribution in [1.29, 1.82) is 0 Å². The van der Waals surface area contributed by atoms with Crippen molar-refractivity contribution in [1.82, 2.24) is 20.5 Å². The number of para-hydroxylation sites is 2. The number of rotatable bonds is 12. The van der Waals surface area contributed by atoms with Gasteiger partial charge in [0.05, 0.1) is 11.5 Å². The molecule has 1 atom stereocenters. The molecule has 1 fully saturated rings. The molecule has 0 spiro atoms. The van der Waals surface area contributed by atoms with Gasteiger partial charge in [0.25, 0.3) is 11.8 Å². The van der Waals surface area contributed by atoms with Crippen LogP contribution in [0, 0.1) is 5.92 Å². The third-order valence-corrected chi connectivity index (χ3v) is 9.74. The number of nitrogens with zero attached hydrogens (tertiary/aromatic N) is 2. The monoisotopic (exact) mass is 622 g/mol. The van der Waals surface area contributed by atoms with Crippen molar-refractivity contribution in [2.45, 2.75) is 37.5 Å². The average Bonchev–Trinajstić information content (AvgIpc) is 3.69. The Balaban J connectivity index is 1.42. The zero-order valence-corrected chi connectivity index (χ0v) is 25.2. The molecule has 3 heterocycles. The molecule has 2 aromatic carbocycles. The lowest BCUT2D eigenvalue weighted by molar-refractivity contribution is -0.135. The maximum atomic E-state index is 14.2. The second-order valence-electron chi connectivity index (χ2n) is 10.6. The number of aromatic nitrogens is 1. The molecule has 1 saturated heterocycles. The number of fused-ring (bicyclic) bond motifs is 1. The fourth-order valence-corrected chi connectivity index (χ4v) is 7.47. The quantitative estimate of drug-likeness (QED) is 0.245. The maximum absolute atomic E-state index is 14.2. The molecule has 1 unspecified atom stereocenters. The van der Waals surface area contributed by atoms with E-state index in [1.807, 2.05) is 30.3 Å². The number of carbonyl (C=O) groups is 3. The van der Waals surface area contributed by atoms with Gasteiger partial charge in [-0.05, 0) is 78.9 Å². The van der Waals surface area contributed by atoms with Gasteiger partial charge in [0.1, 0.15) is 11.6 Å². The molecule has 5 rings (SSSR count). The van der Waals surface area contributed by atoms with Crippen molar-refractivity contribution < 1.29 is 27.2 Å². The minimum atomic E-state index is -3.85. The van der Waals surface area contributed by atoms with Gasteiger partial charge in [0.15, 0.2) is 15.4 Å². The first kappa shape index (κ1) is 30.6. The van der Waals surface area contributed by atoms with E-state index in [0.717, 1.165) is 10.5 Å². The van der Waals surface area contributed by atoms with Crippen molar-refractivity contribution in [3.63, 3.8) is 0 Å². The van der Waals surface area contributed by atoms with Gasteiger partial charge in [-0.15, -0.1) is 0 Å². The van der Waals surface area contributed by atoms with Crippen LogP contribution in [0.5, 0.6) is 0 Å². The van der Waals surface area contributed by atoms with Gasteiger partial charge in [0.2, 0.25) is 5.91 Å². The number of nitrogens with one attached hydrogen (secondary N) is 2. The Morgan fingerprint density at radius 1 is 1.02 bits per heavy atom. The van der Waals surface area contributed by atoms with Crippen LogP contribution in [0.15, 0.2) is 75.8 Å². The zero-order chi connectivity index (χ0) is 30.2. The second-order valence-corrected chi connectivity index (χ2v) is 13.5. The van der Waals surface area contributed by atoms with Gasteiger partial charge in [-0.3, -0.25) is 19.3 Å². The topological polar surface area (TPSA) is 139 Å². The standard InChI is InChI=1S/C31H34N4O6S2/c36-28(24-12-15-32-16-13-24)33-26(21-43(39,40)20-23-14-18-42-19-23)30(37)35(17-6-9-22-7-2-1-3-8-22)31(38)29-34-25-10-4-5-11-27(25)41-29/h1-5,7-8,10-11,14,18-19,24,26,32H,6,9,12-13,15-17,20-21H2,(H,33,36). The summed E-state index contributed by atoms with van der Waals surface area (Å²) in [6.45, 7) is 1.28. The number of hydrogen-bond donors (Lipinski definition) is 2. The van der Waals surface area contributed by atoms with Crippen LogP contribution in [0.2, 0.25) is 0 Å². The van der Waals surface area contributed by atoms with Crippen molar-refractivity contribution in [2.75, 3.05) is 25.4 Å². The molecule has 43 heavy (non-hydrogen) atoms. The van der Waals surface area contributed by atoms with E-state index < -0.39 is 39.4 Å². The summed E-state index contributed by atoms with van der Waals surface area (Å²) in [5, 5.41) is 9.41. The van der Waals surface area contributed by atoms with Crippen LogP contribution in [0.3, 0.4) is 0 Å². The number of carbonyl (C=O) groups excluding carboxylic acids is 3. The highest BCUT2D eigenvalue weighted by molar-refractivity contribution is 7.90. The fourth-order valence-electron chi connectivity index (χ4n) is 5.15. The van der Waals surface area contributed by atoms with E-state index in [1.165, 1.54) is 11.3 Å². The molecule has 2 aromatic heterocycles. The molecule has 3 amide bonds. The van der Waals surface area contributed by atoms with E-state index >= 15 is 0 Å². The van der Waals surface area contributed by atoms with Crippen LogP contribution in [-0.2, 0) is 31.6 Å². The SMILES string of the molecule is O=C(NC(CS(=O)(=O)Cc1ccsc1)C(=O)N(CCCc1ccccc1)C(=O)c1nc2ccccc2o1)C1CCNCC1. The first-order valence-electron chi connectivity index (χ1n) is 14.3. The van der Waals surface area contributed by atoms with Crippen molar-refractivity contribution >= 4 is 50.0 Å². The van der Waals surface area contributed by atoms with Gasteiger partial charge >= 0.3 is 5.91 Å². The average molecular weight is 623 g/mol. The summed E-state index contributed by atoms with van der Waals surface area (Å²) in [6, 6.07) is 16.7. The molecule has 0 saturated carbocycles. The Labute approximate surface area is 254 Å². The molecule has 10 nitrogen and oxygen atoms in total. The predicted molar refractivity (Wildman–Crippen MR) is 164 cm³/mol. The molecule has 0 bridgehead atoms. The van der Waals surface area contributed by atoms with E-state index in [4.69, 9.17) is 4.42 Å². The highest BCUT2D eigenvalue weighted by Gasteiger charge is 2.37. The first-order chi connectivity index (χ1) is 20.8. The highest BCUT2D eigenvalue weighted by atomic mass is 32.2. The van der Waals surface area contributed by atoms with Gasteiger partial charge in [-0.2, -0.15) is 11.3 Å². The summed E-state index contributed by atoms with van der Waals surface area (Å²) in [7, 11) is -3.85. The molecule has 226 valence electrons. The number of aryl methyl sites for hydroxylation is 1. The lowest BCUT2D eigenvalue weighted by Crippen LogP contribution is -2.55. The second kappa shape index (κ2) is 14.1. The smallest absolute Gasteiger partial charge is 0.316 e. The van der Waals surface area contributed by atoms with Crippen LogP contribution in [0.4, 0.5) is 0 Å². The number of piperidine rings is 1. The van der Waals surface area contributed by atoms with Crippen LogP contribution in [-0.4, -0.2) is 67.5 Å². The summed E-state index contributed by atoms with van der Waals surface area (Å²) < 4.78 is 32.3. The van der Waals surface area contributed by atoms with Gasteiger partial charge in [0, 0.05) is 12.5 Å². The number of thiophene rings is 1. The zero-order valence-electron chi connectivity index (χ0n) is 23.6. The van der Waals surface area contributed by atoms with E-state index in [-0.39, 0.29) is 24.1 Å². The summed E-state index contributed by atoms with van der Waals surface area (Å²) in [4.78, 5) is 46.5. The number of amides is 3. The van der Waals surface area contributed by atoms with Crippen molar-refractivity contribution in [3.8, 4) is 0 Å². The Bertz CT molecular complexity index is 1610. The van der Waals surface area contributed by atoms with E-state index in [2.05, 4.69) is 15.6 Å². The molecule has 4 aromatic rings. The Morgan fingerprint density at radius 3 is 2.49 bits per heavy atom. The number of oxazole rings is 1. The van der Waals surface area contributed by atoms with Crippen LogP contribution >= 0.6 is 11.3 Å². The lowest BCUT2D eigenvalue weighted by Gasteiger charge is -2.28. The maximum Gasteiger partial charge on any atom is 0.316 e. The third-order valence-electron chi connectivity index (χ3n) is 7.39. The number of hydrogen-bond acceptors (Lipinski definition) is 9. The largest absolute Gasteiger partial charge is 0.432 e. The Kier molecular flexibility index (Phi) is 10.0. The summed E-state index contributed by atoms with van der Waals surface area (Å²) >= 11 is 1.37. The van der Waals surface area contributed by atoms with Crippen molar-refractivity contribution in [3.05, 3.63) is 88.4 Å². The summed E-state index contributed by atoms with van der Waals surface area (Å²) in [5.74, 6) is -3.56. The summed E-state index contributed by atoms with van der Waals surface area (Å²) in [5.41, 5.74) is 2.47. The van der Waals surface area contributed by atoms with Gasteiger partial charge < -0.3 is 15.1 Å². The van der Waals surface area contributed by atoms with Crippen LogP contribution in [0.1, 0.15) is 41.1 Å². The molecule has 0 aliphatic carbocycles. The van der Waals surface area contributed by atoms with E-state index in [0.29, 0.717) is 55.4 Å². The Morgan fingerprint density at radius 2 is 1.77 bits per heavy atom. The molecule has 1 aliphatic rings. The van der Waals surface area contributed by atoms with Crippen LogP contribution < -0.4 is 10.6 Å². The fraction of sp³-hybridized carbons (Fsp3) is 0.355. The van der Waals surface area contributed by atoms with E-state index in [1.54, 1.807) is 41.1 Å². The third kappa shape index (κ3) is 8.15. The van der Waals surface area contributed by atoms with E-state index in [9.17, 15) is 22.8 Å². The molecular weight excluding hydrogens is 588 g/mol. The first-order valence-corrected chi connectivity index (χ1v) is 17.0. The number of sulfone groups is 1. The Hall–Kier alpha value is -3.87. The van der Waals surface area contributed by atoms with Gasteiger partial charge in [-0.1, -0.05) is 42.5 Å². The van der Waals surface area contributed by atoms with Crippen LogP contribution in [0.25, 0.3) is 11.1 Å². The predicted octanol–water partition coefficient (Wildman–Crippen LogP) is 3.59. The highest BCUT2D eigenvalue weighted by Crippen LogP contribution is 2.19.